The highest BCUT2D eigenvalue weighted by atomic mass is 28.2. The molecule has 0 saturated carbocycles. The SMILES string of the molecule is CC(C)[SiH2]OC(C(C)C)(C(C)C)[C@@]1(COCc2ccccc2)O[C@@H](n2cnc3c(=O)[nH]c(NC(=O)C(C)C)nc32)[C@H](O)[C@@H]1OCc1ccccc1. The van der Waals surface area contributed by atoms with Crippen LogP contribution in [0.15, 0.2) is 71.8 Å². The van der Waals surface area contributed by atoms with Gasteiger partial charge in [0, 0.05) is 5.92 Å². The van der Waals surface area contributed by atoms with Crippen molar-refractivity contribution in [2.24, 2.45) is 17.8 Å². The van der Waals surface area contributed by atoms with Crippen LogP contribution in [0.4, 0.5) is 5.95 Å². The fourth-order valence-electron chi connectivity index (χ4n) is 7.27. The molecule has 12 nitrogen and oxygen atoms in total. The number of fused-ring (bicyclic) bond motifs is 1. The first-order valence-corrected chi connectivity index (χ1v) is 19.2. The van der Waals surface area contributed by atoms with Crippen LogP contribution >= 0.6 is 0 Å². The van der Waals surface area contributed by atoms with Gasteiger partial charge in [0.15, 0.2) is 32.8 Å². The molecule has 3 N–H and O–H groups in total. The first kappa shape index (κ1) is 38.5. The molecular weight excluding hydrogens is 667 g/mol. The molecule has 0 radical (unpaired) electrons. The van der Waals surface area contributed by atoms with Crippen LogP contribution in [0.5, 0.6) is 0 Å². The summed E-state index contributed by atoms with van der Waals surface area (Å²) in [6, 6.07) is 19.7. The highest BCUT2D eigenvalue weighted by Crippen LogP contribution is 2.53. The molecule has 3 heterocycles. The van der Waals surface area contributed by atoms with Gasteiger partial charge in [-0.25, -0.2) is 4.98 Å². The minimum atomic E-state index is -1.35. The maximum absolute atomic E-state index is 13.2. The van der Waals surface area contributed by atoms with E-state index in [-0.39, 0.29) is 54.0 Å². The first-order chi connectivity index (χ1) is 24.3. The molecule has 1 amide bonds. The summed E-state index contributed by atoms with van der Waals surface area (Å²) in [7, 11) is -1.11. The highest BCUT2D eigenvalue weighted by Gasteiger charge is 2.69. The molecular formula is C38H53N5O7Si. The monoisotopic (exact) mass is 719 g/mol. The normalized spacial score (nSPS) is 21.3. The molecule has 0 aliphatic carbocycles. The average Bonchev–Trinajstić information content (AvgIpc) is 3.63. The van der Waals surface area contributed by atoms with Crippen LogP contribution in [0.3, 0.4) is 0 Å². The number of carbonyl (C=O) groups is 1. The van der Waals surface area contributed by atoms with Crippen molar-refractivity contribution in [2.45, 2.75) is 104 Å². The quantitative estimate of drug-likeness (QED) is 0.134. The Morgan fingerprint density at radius 1 is 1.00 bits per heavy atom. The van der Waals surface area contributed by atoms with Gasteiger partial charge in [-0.1, -0.05) is 116 Å². The van der Waals surface area contributed by atoms with Crippen LogP contribution in [0.1, 0.15) is 72.7 Å². The van der Waals surface area contributed by atoms with Gasteiger partial charge in [-0.15, -0.1) is 0 Å². The lowest BCUT2D eigenvalue weighted by atomic mass is 9.66. The number of carbonyl (C=O) groups excluding carboxylic acids is 1. The third-order valence-corrected chi connectivity index (χ3v) is 10.9. The molecule has 5 rings (SSSR count). The van der Waals surface area contributed by atoms with E-state index in [2.05, 4.69) is 61.8 Å². The summed E-state index contributed by atoms with van der Waals surface area (Å²) >= 11 is 0. The minimum Gasteiger partial charge on any atom is -0.415 e. The first-order valence-electron chi connectivity index (χ1n) is 17.9. The standard InChI is InChI=1S/C38H53N5O7Si/c1-23(2)33(45)41-36-40-32-29(34(46)42-36)39-22-43(32)35-30(44)31(48-20-28-17-13-10-14-18-28)37(49-35,21-47-19-27-15-11-9-12-16-27)38(24(3)4,25(5)6)50-51-26(7)8/h9-18,22-26,30-31,35,44H,19-21,51H2,1-8H3,(H2,40,41,42,45,46)/t30-,31+,35-,37+/m1/s1. The van der Waals surface area contributed by atoms with E-state index in [4.69, 9.17) is 18.6 Å². The van der Waals surface area contributed by atoms with Gasteiger partial charge in [-0.3, -0.25) is 24.5 Å². The topological polar surface area (TPSA) is 150 Å². The van der Waals surface area contributed by atoms with Gasteiger partial charge in [0.25, 0.3) is 5.56 Å². The summed E-state index contributed by atoms with van der Waals surface area (Å²) in [5.41, 5.74) is -0.436. The summed E-state index contributed by atoms with van der Waals surface area (Å²) < 4.78 is 29.4. The predicted octanol–water partition coefficient (Wildman–Crippen LogP) is 5.12. The van der Waals surface area contributed by atoms with E-state index in [0.29, 0.717) is 12.1 Å². The second kappa shape index (κ2) is 16.3. The lowest BCUT2D eigenvalue weighted by Crippen LogP contribution is -2.70. The van der Waals surface area contributed by atoms with Gasteiger partial charge in [0.2, 0.25) is 11.9 Å². The molecule has 51 heavy (non-hydrogen) atoms. The van der Waals surface area contributed by atoms with E-state index in [1.807, 2.05) is 60.7 Å². The van der Waals surface area contributed by atoms with E-state index in [1.165, 1.54) is 6.33 Å². The summed E-state index contributed by atoms with van der Waals surface area (Å²) in [5, 5.41) is 15.2. The van der Waals surface area contributed by atoms with Gasteiger partial charge in [0.1, 0.15) is 12.2 Å². The van der Waals surface area contributed by atoms with Crippen molar-refractivity contribution >= 4 is 32.8 Å². The number of aromatic nitrogens is 4. The molecule has 276 valence electrons. The number of imidazole rings is 1. The van der Waals surface area contributed by atoms with Crippen molar-refractivity contribution in [3.63, 3.8) is 0 Å². The van der Waals surface area contributed by atoms with Crippen molar-refractivity contribution in [3.8, 4) is 0 Å². The molecule has 1 aliphatic heterocycles. The molecule has 2 aromatic carbocycles. The lowest BCUT2D eigenvalue weighted by Gasteiger charge is -2.55. The van der Waals surface area contributed by atoms with Gasteiger partial charge in [-0.05, 0) is 28.5 Å². The third-order valence-electron chi connectivity index (χ3n) is 9.60. The van der Waals surface area contributed by atoms with Gasteiger partial charge < -0.3 is 23.7 Å². The Labute approximate surface area is 302 Å². The van der Waals surface area contributed by atoms with E-state index >= 15 is 0 Å². The number of H-pyrrole nitrogens is 1. The number of ether oxygens (including phenoxy) is 3. The van der Waals surface area contributed by atoms with Crippen molar-refractivity contribution < 1.29 is 28.5 Å². The smallest absolute Gasteiger partial charge is 0.280 e. The molecule has 13 heteroatoms. The van der Waals surface area contributed by atoms with E-state index in [9.17, 15) is 14.7 Å². The van der Waals surface area contributed by atoms with E-state index < -0.39 is 45.0 Å². The third kappa shape index (κ3) is 7.88. The Kier molecular flexibility index (Phi) is 12.3. The van der Waals surface area contributed by atoms with Crippen LogP contribution in [0, 0.1) is 17.8 Å². The van der Waals surface area contributed by atoms with Crippen LogP contribution in [0.25, 0.3) is 11.2 Å². The number of aliphatic hydroxyl groups excluding tert-OH is 1. The number of benzene rings is 2. The second-order valence-electron chi connectivity index (χ2n) is 14.8. The number of hydrogen-bond donors (Lipinski definition) is 3. The Bertz CT molecular complexity index is 1790. The summed E-state index contributed by atoms with van der Waals surface area (Å²) in [6.45, 7) is 16.8. The lowest BCUT2D eigenvalue weighted by molar-refractivity contribution is -0.263. The van der Waals surface area contributed by atoms with E-state index in [1.54, 1.807) is 18.4 Å². The molecule has 0 spiro atoms. The second-order valence-corrected chi connectivity index (χ2v) is 17.0. The van der Waals surface area contributed by atoms with Gasteiger partial charge in [0.05, 0.1) is 31.7 Å². The average molecular weight is 720 g/mol. The van der Waals surface area contributed by atoms with E-state index in [0.717, 1.165) is 11.1 Å². The molecule has 1 saturated heterocycles. The number of aliphatic hydroxyl groups is 1. The van der Waals surface area contributed by atoms with Crippen molar-refractivity contribution in [3.05, 3.63) is 88.5 Å². The van der Waals surface area contributed by atoms with Crippen molar-refractivity contribution in [1.29, 1.82) is 0 Å². The number of anilines is 1. The zero-order valence-corrected chi connectivity index (χ0v) is 32.4. The number of nitrogens with zero attached hydrogens (tertiary/aromatic N) is 3. The zero-order valence-electron chi connectivity index (χ0n) is 31.0. The molecule has 4 atom stereocenters. The van der Waals surface area contributed by atoms with Crippen LogP contribution in [-0.4, -0.2) is 70.3 Å². The number of rotatable bonds is 16. The summed E-state index contributed by atoms with van der Waals surface area (Å²) in [4.78, 5) is 37.3. The summed E-state index contributed by atoms with van der Waals surface area (Å²) in [5.74, 6) is -0.883. The Balaban J connectivity index is 1.68. The van der Waals surface area contributed by atoms with Crippen LogP contribution < -0.4 is 10.9 Å². The molecule has 0 bridgehead atoms. The fourth-order valence-corrected chi connectivity index (χ4v) is 8.79. The van der Waals surface area contributed by atoms with Crippen LogP contribution in [0.2, 0.25) is 5.54 Å². The van der Waals surface area contributed by atoms with Crippen LogP contribution in [-0.2, 0) is 36.6 Å². The molecule has 4 aromatic rings. The Morgan fingerprint density at radius 3 is 2.18 bits per heavy atom. The Hall–Kier alpha value is -3.72. The Morgan fingerprint density at radius 2 is 1.61 bits per heavy atom. The summed E-state index contributed by atoms with van der Waals surface area (Å²) in [6.07, 6.45) is -1.91. The predicted molar refractivity (Wildman–Crippen MR) is 199 cm³/mol. The van der Waals surface area contributed by atoms with Crippen molar-refractivity contribution in [1.82, 2.24) is 19.5 Å². The van der Waals surface area contributed by atoms with Gasteiger partial charge >= 0.3 is 0 Å². The number of nitrogens with one attached hydrogen (secondary N) is 2. The molecule has 1 aliphatic rings. The zero-order chi connectivity index (χ0) is 36.9. The molecule has 2 aromatic heterocycles. The van der Waals surface area contributed by atoms with Gasteiger partial charge in [-0.2, -0.15) is 4.98 Å². The van der Waals surface area contributed by atoms with Crippen molar-refractivity contribution in [2.75, 3.05) is 11.9 Å². The fraction of sp³-hybridized carbons (Fsp3) is 0.526. The maximum atomic E-state index is 13.2. The molecule has 0 unspecified atom stereocenters. The highest BCUT2D eigenvalue weighted by molar-refractivity contribution is 6.29. The number of amides is 1. The largest absolute Gasteiger partial charge is 0.415 e. The minimum absolute atomic E-state index is 0.0280. The number of hydrogen-bond acceptors (Lipinski definition) is 9. The maximum Gasteiger partial charge on any atom is 0.280 e. The number of aromatic amines is 1. The molecule has 1 fully saturated rings.